The van der Waals surface area contributed by atoms with Gasteiger partial charge in [0.25, 0.3) is 5.91 Å². The number of rotatable bonds is 6. The Labute approximate surface area is 139 Å². The van der Waals surface area contributed by atoms with E-state index in [0.717, 1.165) is 5.56 Å². The zero-order valence-corrected chi connectivity index (χ0v) is 13.5. The summed E-state index contributed by atoms with van der Waals surface area (Å²) in [6.07, 6.45) is -0.164. The Hall–Kier alpha value is -1.92. The van der Waals surface area contributed by atoms with Crippen molar-refractivity contribution in [3.8, 4) is 0 Å². The molecule has 0 aliphatic carbocycles. The molecule has 7 heteroatoms. The first kappa shape index (κ1) is 17.4. The van der Waals surface area contributed by atoms with Gasteiger partial charge in [0.15, 0.2) is 0 Å². The summed E-state index contributed by atoms with van der Waals surface area (Å²) in [5.41, 5.74) is 0.840. The van der Waals surface area contributed by atoms with Gasteiger partial charge in [0.2, 0.25) is 11.7 Å². The molecule has 0 aromatic heterocycles. The number of aliphatic hydroxyl groups excluding tert-OH is 1. The molecular formula is C16H19ClN2O4. The van der Waals surface area contributed by atoms with Crippen LogP contribution in [0.25, 0.3) is 0 Å². The Morgan fingerprint density at radius 1 is 1.39 bits per heavy atom. The molecule has 23 heavy (non-hydrogen) atoms. The lowest BCUT2D eigenvalue weighted by Crippen LogP contribution is -2.46. The summed E-state index contributed by atoms with van der Waals surface area (Å²) in [6.45, 7) is 1.77. The molecule has 0 saturated carbocycles. The van der Waals surface area contributed by atoms with E-state index in [9.17, 15) is 14.4 Å². The zero-order valence-electron chi connectivity index (χ0n) is 12.8. The van der Waals surface area contributed by atoms with Gasteiger partial charge in [0.05, 0.1) is 6.10 Å². The third-order valence-corrected chi connectivity index (χ3v) is 3.93. The maximum atomic E-state index is 12.2. The van der Waals surface area contributed by atoms with Gasteiger partial charge in [-0.1, -0.05) is 23.7 Å². The Bertz CT molecular complexity index is 601. The summed E-state index contributed by atoms with van der Waals surface area (Å²) in [5, 5.41) is 12.1. The van der Waals surface area contributed by atoms with E-state index >= 15 is 0 Å². The van der Waals surface area contributed by atoms with Gasteiger partial charge in [0.1, 0.15) is 6.04 Å². The number of carbonyl (C=O) groups excluding carboxylic acids is 3. The van der Waals surface area contributed by atoms with Crippen LogP contribution in [0.5, 0.6) is 0 Å². The number of ketones is 1. The van der Waals surface area contributed by atoms with Gasteiger partial charge in [-0.05, 0) is 31.0 Å². The molecule has 2 atom stereocenters. The van der Waals surface area contributed by atoms with Crippen LogP contribution in [0.4, 0.5) is 0 Å². The van der Waals surface area contributed by atoms with Crippen LogP contribution >= 0.6 is 11.6 Å². The second-order valence-corrected chi connectivity index (χ2v) is 6.06. The van der Waals surface area contributed by atoms with Crippen molar-refractivity contribution < 1.29 is 19.5 Å². The number of Topliss-reactive ketones (excluding diaryl/α,β-unsaturated/α-hetero) is 1. The molecule has 1 unspecified atom stereocenters. The predicted molar refractivity (Wildman–Crippen MR) is 84.7 cm³/mol. The topological polar surface area (TPSA) is 86.7 Å². The molecule has 2 rings (SSSR count). The fourth-order valence-electron chi connectivity index (χ4n) is 2.47. The average molecular weight is 339 g/mol. The maximum absolute atomic E-state index is 12.2. The normalized spacial score (nSPS) is 18.8. The quantitative estimate of drug-likeness (QED) is 0.754. The molecule has 1 heterocycles. The number of likely N-dealkylation sites (tertiary alicyclic amines) is 1. The number of hydrogen-bond acceptors (Lipinski definition) is 4. The smallest absolute Gasteiger partial charge is 0.289 e. The minimum absolute atomic E-state index is 0.00240. The monoisotopic (exact) mass is 338 g/mol. The van der Waals surface area contributed by atoms with E-state index in [1.165, 1.54) is 11.8 Å². The molecule has 1 saturated heterocycles. The van der Waals surface area contributed by atoms with Gasteiger partial charge in [0, 0.05) is 24.5 Å². The second kappa shape index (κ2) is 7.57. The highest BCUT2D eigenvalue weighted by atomic mass is 35.5. The van der Waals surface area contributed by atoms with Gasteiger partial charge in [-0.25, -0.2) is 0 Å². The Morgan fingerprint density at radius 3 is 2.65 bits per heavy atom. The fraction of sp³-hybridized carbons (Fsp3) is 0.438. The highest BCUT2D eigenvalue weighted by Crippen LogP contribution is 2.23. The number of nitrogens with one attached hydrogen (secondary N) is 1. The Morgan fingerprint density at radius 2 is 2.04 bits per heavy atom. The predicted octanol–water partition coefficient (Wildman–Crippen LogP) is 0.897. The van der Waals surface area contributed by atoms with E-state index < -0.39 is 23.8 Å². The fourth-order valence-corrected chi connectivity index (χ4v) is 2.60. The molecule has 1 aromatic carbocycles. The largest absolute Gasteiger partial charge is 0.392 e. The van der Waals surface area contributed by atoms with Crippen LogP contribution in [-0.2, 0) is 20.9 Å². The molecule has 1 fully saturated rings. The van der Waals surface area contributed by atoms with Crippen molar-refractivity contribution in [2.75, 3.05) is 6.54 Å². The zero-order chi connectivity index (χ0) is 17.0. The molecule has 0 radical (unpaired) electrons. The highest BCUT2D eigenvalue weighted by Gasteiger charge is 2.38. The van der Waals surface area contributed by atoms with Crippen LogP contribution in [-0.4, -0.2) is 46.3 Å². The number of nitrogens with zero attached hydrogens (tertiary/aromatic N) is 1. The van der Waals surface area contributed by atoms with E-state index in [1.807, 2.05) is 0 Å². The summed E-state index contributed by atoms with van der Waals surface area (Å²) in [7, 11) is 0. The summed E-state index contributed by atoms with van der Waals surface area (Å²) < 4.78 is 0. The SMILES string of the molecule is C[C@@H](O)CNC(=O)C(=O)C1CCC(=O)N1Cc1ccc(Cl)cc1. The molecule has 2 amide bonds. The summed E-state index contributed by atoms with van der Waals surface area (Å²) >= 11 is 5.83. The molecule has 0 bridgehead atoms. The van der Waals surface area contributed by atoms with Crippen molar-refractivity contribution in [1.29, 1.82) is 0 Å². The first-order chi connectivity index (χ1) is 10.9. The third kappa shape index (κ3) is 4.53. The molecule has 2 N–H and O–H groups in total. The highest BCUT2D eigenvalue weighted by molar-refractivity contribution is 6.38. The first-order valence-corrected chi connectivity index (χ1v) is 7.80. The van der Waals surface area contributed by atoms with Crippen molar-refractivity contribution >= 4 is 29.2 Å². The van der Waals surface area contributed by atoms with Crippen molar-refractivity contribution in [1.82, 2.24) is 10.2 Å². The van der Waals surface area contributed by atoms with E-state index in [1.54, 1.807) is 24.3 Å². The lowest BCUT2D eigenvalue weighted by Gasteiger charge is -2.23. The minimum Gasteiger partial charge on any atom is -0.392 e. The van der Waals surface area contributed by atoms with Crippen molar-refractivity contribution in [2.45, 2.75) is 38.5 Å². The standard InChI is InChI=1S/C16H19ClN2O4/c1-10(20)8-18-16(23)15(22)13-6-7-14(21)19(13)9-11-2-4-12(17)5-3-11/h2-5,10,13,20H,6-9H2,1H3,(H,18,23)/t10-,13?/m1/s1. The summed E-state index contributed by atoms with van der Waals surface area (Å²) in [6, 6.07) is 6.23. The lowest BCUT2D eigenvalue weighted by molar-refractivity contribution is -0.143. The van der Waals surface area contributed by atoms with E-state index in [4.69, 9.17) is 16.7 Å². The number of carbonyl (C=O) groups is 3. The molecule has 6 nitrogen and oxygen atoms in total. The Balaban J connectivity index is 2.05. The van der Waals surface area contributed by atoms with Gasteiger partial charge >= 0.3 is 0 Å². The van der Waals surface area contributed by atoms with Crippen LogP contribution in [0.1, 0.15) is 25.3 Å². The molecular weight excluding hydrogens is 320 g/mol. The van der Waals surface area contributed by atoms with E-state index in [-0.39, 0.29) is 25.4 Å². The van der Waals surface area contributed by atoms with E-state index in [2.05, 4.69) is 5.32 Å². The first-order valence-electron chi connectivity index (χ1n) is 7.42. The molecule has 124 valence electrons. The van der Waals surface area contributed by atoms with Gasteiger partial charge in [-0.2, -0.15) is 0 Å². The molecule has 1 aromatic rings. The van der Waals surface area contributed by atoms with Crippen LogP contribution in [0.3, 0.4) is 0 Å². The minimum atomic E-state index is -0.772. The average Bonchev–Trinajstić information content (AvgIpc) is 2.87. The van der Waals surface area contributed by atoms with Gasteiger partial charge < -0.3 is 15.3 Å². The Kier molecular flexibility index (Phi) is 5.74. The lowest BCUT2D eigenvalue weighted by atomic mass is 10.1. The van der Waals surface area contributed by atoms with Crippen molar-refractivity contribution in [3.63, 3.8) is 0 Å². The van der Waals surface area contributed by atoms with Gasteiger partial charge in [-0.15, -0.1) is 0 Å². The summed E-state index contributed by atoms with van der Waals surface area (Å²) in [5.74, 6) is -1.57. The number of amides is 2. The van der Waals surface area contributed by atoms with Crippen LogP contribution < -0.4 is 5.32 Å². The van der Waals surface area contributed by atoms with Crippen LogP contribution in [0.2, 0.25) is 5.02 Å². The van der Waals surface area contributed by atoms with Crippen LogP contribution in [0.15, 0.2) is 24.3 Å². The van der Waals surface area contributed by atoms with Crippen molar-refractivity contribution in [2.24, 2.45) is 0 Å². The molecule has 1 aliphatic rings. The van der Waals surface area contributed by atoms with Crippen LogP contribution in [0, 0.1) is 0 Å². The second-order valence-electron chi connectivity index (χ2n) is 5.63. The third-order valence-electron chi connectivity index (χ3n) is 3.68. The molecule has 1 aliphatic heterocycles. The number of benzene rings is 1. The number of aliphatic hydroxyl groups is 1. The van der Waals surface area contributed by atoms with E-state index in [0.29, 0.717) is 11.4 Å². The number of halogens is 1. The summed E-state index contributed by atoms with van der Waals surface area (Å²) in [4.78, 5) is 37.6. The maximum Gasteiger partial charge on any atom is 0.289 e. The van der Waals surface area contributed by atoms with Crippen molar-refractivity contribution in [3.05, 3.63) is 34.9 Å². The molecule has 0 spiro atoms. The van der Waals surface area contributed by atoms with Gasteiger partial charge in [-0.3, -0.25) is 14.4 Å². The number of hydrogen-bond donors (Lipinski definition) is 2.